The summed E-state index contributed by atoms with van der Waals surface area (Å²) in [6.07, 6.45) is 5.10. The quantitative estimate of drug-likeness (QED) is 0.904. The number of aliphatic hydroxyl groups is 1. The van der Waals surface area contributed by atoms with Gasteiger partial charge < -0.3 is 9.84 Å². The average Bonchev–Trinajstić information content (AvgIpc) is 2.66. The summed E-state index contributed by atoms with van der Waals surface area (Å²) in [5.74, 6) is 0.335. The minimum Gasteiger partial charge on any atom is -0.497 e. The molecule has 1 aromatic carbocycles. The van der Waals surface area contributed by atoms with E-state index in [-0.39, 0.29) is 11.9 Å². The van der Waals surface area contributed by atoms with Gasteiger partial charge in [-0.2, -0.15) is 0 Å². The van der Waals surface area contributed by atoms with E-state index in [1.54, 1.807) is 19.2 Å². The van der Waals surface area contributed by atoms with Crippen LogP contribution >= 0.6 is 0 Å². The van der Waals surface area contributed by atoms with Crippen LogP contribution in [0.3, 0.4) is 0 Å². The van der Waals surface area contributed by atoms with Gasteiger partial charge in [0.15, 0.2) is 0 Å². The molecule has 1 aliphatic heterocycles. The topological polar surface area (TPSA) is 32.7 Å². The third-order valence-corrected chi connectivity index (χ3v) is 4.25. The Kier molecular flexibility index (Phi) is 6.00. The van der Waals surface area contributed by atoms with Crippen LogP contribution in [-0.4, -0.2) is 35.8 Å². The van der Waals surface area contributed by atoms with Crippen LogP contribution in [0.5, 0.6) is 5.75 Å². The minimum atomic E-state index is -0.309. The Balaban J connectivity index is 2.10. The van der Waals surface area contributed by atoms with Crippen LogP contribution in [0.1, 0.15) is 44.6 Å². The fraction of sp³-hybridized carbons (Fsp3) is 0.647. The predicted molar refractivity (Wildman–Crippen MR) is 81.9 cm³/mol. The van der Waals surface area contributed by atoms with E-state index in [1.165, 1.54) is 18.9 Å². The van der Waals surface area contributed by atoms with Gasteiger partial charge in [-0.3, -0.25) is 4.90 Å². The summed E-state index contributed by atoms with van der Waals surface area (Å²) in [6.45, 7) is 3.41. The van der Waals surface area contributed by atoms with Crippen LogP contribution in [0.25, 0.3) is 0 Å². The monoisotopic (exact) mass is 295 g/mol. The van der Waals surface area contributed by atoms with Crippen molar-refractivity contribution < 1.29 is 14.2 Å². The molecule has 0 radical (unpaired) electrons. The summed E-state index contributed by atoms with van der Waals surface area (Å²) in [4.78, 5) is 2.32. The maximum absolute atomic E-state index is 14.1. The smallest absolute Gasteiger partial charge is 0.131 e. The van der Waals surface area contributed by atoms with Crippen molar-refractivity contribution in [2.75, 3.05) is 13.7 Å². The van der Waals surface area contributed by atoms with Crippen molar-refractivity contribution in [1.29, 1.82) is 0 Å². The zero-order chi connectivity index (χ0) is 15.2. The normalized spacial score (nSPS) is 21.8. The molecule has 4 heteroatoms. The molecule has 1 aromatic rings. The first-order valence-corrected chi connectivity index (χ1v) is 7.84. The van der Waals surface area contributed by atoms with Crippen LogP contribution in [0, 0.1) is 5.82 Å². The summed E-state index contributed by atoms with van der Waals surface area (Å²) in [6, 6.07) is 5.39. The number of halogens is 1. The number of rotatable bonds is 5. The molecule has 3 nitrogen and oxygen atoms in total. The molecule has 1 saturated heterocycles. The van der Waals surface area contributed by atoms with Crippen molar-refractivity contribution in [1.82, 2.24) is 4.90 Å². The molecule has 0 aromatic heterocycles. The van der Waals surface area contributed by atoms with Gasteiger partial charge in [0.2, 0.25) is 0 Å². The fourth-order valence-corrected chi connectivity index (χ4v) is 3.11. The zero-order valence-electron chi connectivity index (χ0n) is 13.0. The molecule has 2 rings (SSSR count). The molecule has 1 N–H and O–H groups in total. The SMILES string of the molecule is COc1ccc(CN2CCCCCC2CC(C)O)c(F)c1. The molecule has 0 aliphatic carbocycles. The van der Waals surface area contributed by atoms with Crippen molar-refractivity contribution in [3.05, 3.63) is 29.6 Å². The number of methoxy groups -OCH3 is 1. The third kappa shape index (κ3) is 4.68. The number of hydrogen-bond acceptors (Lipinski definition) is 3. The highest BCUT2D eigenvalue weighted by atomic mass is 19.1. The molecule has 0 amide bonds. The highest BCUT2D eigenvalue weighted by Crippen LogP contribution is 2.24. The van der Waals surface area contributed by atoms with Crippen molar-refractivity contribution >= 4 is 0 Å². The molecule has 1 aliphatic rings. The largest absolute Gasteiger partial charge is 0.497 e. The minimum absolute atomic E-state index is 0.214. The standard InChI is InChI=1S/C17H26FNO2/c1-13(20)10-15-6-4-3-5-9-19(15)12-14-7-8-16(21-2)11-17(14)18/h7-8,11,13,15,20H,3-6,9-10,12H2,1-2H3. The van der Waals surface area contributed by atoms with Gasteiger partial charge in [0.05, 0.1) is 13.2 Å². The Bertz CT molecular complexity index is 450. The van der Waals surface area contributed by atoms with Crippen molar-refractivity contribution in [2.45, 2.75) is 57.7 Å². The number of aliphatic hydroxyl groups excluding tert-OH is 1. The molecular weight excluding hydrogens is 269 g/mol. The maximum Gasteiger partial charge on any atom is 0.131 e. The van der Waals surface area contributed by atoms with Crippen LogP contribution in [0.2, 0.25) is 0 Å². The van der Waals surface area contributed by atoms with Crippen molar-refractivity contribution in [3.63, 3.8) is 0 Å². The number of benzene rings is 1. The van der Waals surface area contributed by atoms with E-state index >= 15 is 0 Å². The Morgan fingerprint density at radius 3 is 2.86 bits per heavy atom. The molecule has 21 heavy (non-hydrogen) atoms. The van der Waals surface area contributed by atoms with Crippen LogP contribution in [0.4, 0.5) is 4.39 Å². The molecule has 1 heterocycles. The molecule has 1 fully saturated rings. The van der Waals surface area contributed by atoms with Gasteiger partial charge >= 0.3 is 0 Å². The Labute approximate surface area is 126 Å². The highest BCUT2D eigenvalue weighted by molar-refractivity contribution is 5.28. The molecule has 0 saturated carbocycles. The second-order valence-electron chi connectivity index (χ2n) is 6.02. The van der Waals surface area contributed by atoms with Crippen LogP contribution in [0.15, 0.2) is 18.2 Å². The Hall–Kier alpha value is -1.13. The van der Waals surface area contributed by atoms with E-state index in [0.717, 1.165) is 25.8 Å². The molecular formula is C17H26FNO2. The van der Waals surface area contributed by atoms with E-state index in [0.29, 0.717) is 23.9 Å². The van der Waals surface area contributed by atoms with Gasteiger partial charge in [-0.15, -0.1) is 0 Å². The first kappa shape index (κ1) is 16.2. The molecule has 2 atom stereocenters. The van der Waals surface area contributed by atoms with Gasteiger partial charge in [0.1, 0.15) is 11.6 Å². The molecule has 0 bridgehead atoms. The molecule has 118 valence electrons. The number of hydrogen-bond donors (Lipinski definition) is 1. The lowest BCUT2D eigenvalue weighted by Gasteiger charge is -2.31. The van der Waals surface area contributed by atoms with E-state index in [2.05, 4.69) is 4.90 Å². The first-order valence-electron chi connectivity index (χ1n) is 7.84. The van der Waals surface area contributed by atoms with Crippen LogP contribution in [-0.2, 0) is 6.54 Å². The predicted octanol–water partition coefficient (Wildman–Crippen LogP) is 3.35. The second-order valence-corrected chi connectivity index (χ2v) is 6.02. The summed E-state index contributed by atoms with van der Waals surface area (Å²) < 4.78 is 19.2. The summed E-state index contributed by atoms with van der Waals surface area (Å²) in [5, 5.41) is 9.69. The Morgan fingerprint density at radius 2 is 2.19 bits per heavy atom. The number of nitrogens with zero attached hydrogens (tertiary/aromatic N) is 1. The first-order chi connectivity index (χ1) is 10.1. The summed E-state index contributed by atoms with van der Waals surface area (Å²) >= 11 is 0. The van der Waals surface area contributed by atoms with E-state index in [4.69, 9.17) is 4.74 Å². The lowest BCUT2D eigenvalue weighted by atomic mass is 10.0. The highest BCUT2D eigenvalue weighted by Gasteiger charge is 2.23. The fourth-order valence-electron chi connectivity index (χ4n) is 3.11. The van der Waals surface area contributed by atoms with E-state index in [1.807, 2.05) is 6.92 Å². The maximum atomic E-state index is 14.1. The molecule has 0 spiro atoms. The lowest BCUT2D eigenvalue weighted by Crippen LogP contribution is -2.36. The van der Waals surface area contributed by atoms with Gasteiger partial charge in [0.25, 0.3) is 0 Å². The lowest BCUT2D eigenvalue weighted by molar-refractivity contribution is 0.107. The third-order valence-electron chi connectivity index (χ3n) is 4.25. The van der Waals surface area contributed by atoms with Crippen molar-refractivity contribution in [3.8, 4) is 5.75 Å². The zero-order valence-corrected chi connectivity index (χ0v) is 13.0. The summed E-state index contributed by atoms with van der Waals surface area (Å²) in [5.41, 5.74) is 0.702. The second kappa shape index (κ2) is 7.76. The van der Waals surface area contributed by atoms with Gasteiger partial charge in [-0.25, -0.2) is 4.39 Å². The van der Waals surface area contributed by atoms with Crippen LogP contribution < -0.4 is 4.74 Å². The Morgan fingerprint density at radius 1 is 1.38 bits per heavy atom. The van der Waals surface area contributed by atoms with Gasteiger partial charge in [-0.1, -0.05) is 18.9 Å². The van der Waals surface area contributed by atoms with Gasteiger partial charge in [-0.05, 0) is 38.8 Å². The number of ether oxygens (including phenoxy) is 1. The van der Waals surface area contributed by atoms with Gasteiger partial charge in [0, 0.05) is 24.2 Å². The average molecular weight is 295 g/mol. The van der Waals surface area contributed by atoms with E-state index in [9.17, 15) is 9.50 Å². The molecule has 2 unspecified atom stereocenters. The van der Waals surface area contributed by atoms with E-state index < -0.39 is 0 Å². The summed E-state index contributed by atoms with van der Waals surface area (Å²) in [7, 11) is 1.54. The van der Waals surface area contributed by atoms with Crippen molar-refractivity contribution in [2.24, 2.45) is 0 Å². The number of likely N-dealkylation sites (tertiary alicyclic amines) is 1.